The molecule has 30 heavy (non-hydrogen) atoms. The molecule has 154 valence electrons. The summed E-state index contributed by atoms with van der Waals surface area (Å²) in [7, 11) is 1.61. The van der Waals surface area contributed by atoms with E-state index in [2.05, 4.69) is 10.2 Å². The molecule has 0 unspecified atom stereocenters. The number of aromatic nitrogens is 4. The fourth-order valence-electron chi connectivity index (χ4n) is 3.55. The van der Waals surface area contributed by atoms with Gasteiger partial charge in [0, 0.05) is 45.5 Å². The van der Waals surface area contributed by atoms with Gasteiger partial charge < -0.3 is 14.4 Å². The molecular formula is C22H24N5O3+. The third kappa shape index (κ3) is 4.23. The van der Waals surface area contributed by atoms with Gasteiger partial charge in [-0.3, -0.25) is 5.10 Å². The number of aliphatic hydroxyl groups excluding tert-OH is 1. The SMILES string of the molecule is COc1cccc(C[N+](=O)Cc2cc3ccc(-c4cn[nH]c4)nc3n2CCCO)c1. The van der Waals surface area contributed by atoms with Crippen LogP contribution in [-0.4, -0.2) is 43.3 Å². The number of fused-ring (bicyclic) bond motifs is 1. The summed E-state index contributed by atoms with van der Waals surface area (Å²) in [5.41, 5.74) is 4.27. The lowest BCUT2D eigenvalue weighted by atomic mass is 10.2. The third-order valence-corrected chi connectivity index (χ3v) is 5.00. The Balaban J connectivity index is 1.62. The van der Waals surface area contributed by atoms with Crippen molar-refractivity contribution in [1.29, 1.82) is 0 Å². The molecule has 8 nitrogen and oxygen atoms in total. The van der Waals surface area contributed by atoms with E-state index in [0.717, 1.165) is 44.1 Å². The van der Waals surface area contributed by atoms with Crippen molar-refractivity contribution in [2.45, 2.75) is 26.1 Å². The lowest BCUT2D eigenvalue weighted by molar-refractivity contribution is -0.581. The van der Waals surface area contributed by atoms with Crippen molar-refractivity contribution in [3.8, 4) is 17.0 Å². The molecule has 0 aliphatic heterocycles. The summed E-state index contributed by atoms with van der Waals surface area (Å²) in [5, 5.41) is 17.1. The minimum absolute atomic E-state index is 0.0748. The van der Waals surface area contributed by atoms with Gasteiger partial charge in [-0.2, -0.15) is 5.10 Å². The largest absolute Gasteiger partial charge is 0.497 e. The van der Waals surface area contributed by atoms with E-state index >= 15 is 0 Å². The normalized spacial score (nSPS) is 11.1. The fraction of sp³-hybridized carbons (Fsp3) is 0.273. The standard InChI is InChI=1S/C22H24N5O3/c1-30-20-5-2-4-16(10-20)14-26(29)15-19-11-17-6-7-21(18-12-23-24-13-18)25-22(17)27(19)8-3-9-28/h2,4-7,10-13,28H,3,8-9,14-15H2,1H3,(H,23,24)/q+1. The molecule has 8 heteroatoms. The second-order valence-corrected chi connectivity index (χ2v) is 7.11. The monoisotopic (exact) mass is 406 g/mol. The van der Waals surface area contributed by atoms with E-state index in [4.69, 9.17) is 9.72 Å². The third-order valence-electron chi connectivity index (χ3n) is 5.00. The number of rotatable bonds is 9. The van der Waals surface area contributed by atoms with Crippen LogP contribution < -0.4 is 4.74 Å². The average molecular weight is 406 g/mol. The molecule has 2 N–H and O–H groups in total. The zero-order valence-electron chi connectivity index (χ0n) is 16.8. The number of nitroso groups, excluding NO2 is 1. The van der Waals surface area contributed by atoms with Crippen LogP contribution in [0, 0.1) is 4.91 Å². The predicted octanol–water partition coefficient (Wildman–Crippen LogP) is 3.30. The second-order valence-electron chi connectivity index (χ2n) is 7.11. The topological polar surface area (TPSA) is 96.0 Å². The minimum Gasteiger partial charge on any atom is -0.497 e. The summed E-state index contributed by atoms with van der Waals surface area (Å²) in [6.45, 7) is 1.14. The number of nitrogens with one attached hydrogen (secondary N) is 1. The van der Waals surface area contributed by atoms with Crippen LogP contribution in [0.25, 0.3) is 22.3 Å². The van der Waals surface area contributed by atoms with Crippen molar-refractivity contribution >= 4 is 11.0 Å². The highest BCUT2D eigenvalue weighted by Crippen LogP contribution is 2.24. The van der Waals surface area contributed by atoms with Crippen LogP contribution >= 0.6 is 0 Å². The Kier molecular flexibility index (Phi) is 5.85. The Morgan fingerprint density at radius 3 is 2.87 bits per heavy atom. The molecule has 4 aromatic rings. The molecule has 1 aromatic carbocycles. The number of hydrogen-bond donors (Lipinski definition) is 2. The zero-order valence-corrected chi connectivity index (χ0v) is 16.8. The maximum atomic E-state index is 12.7. The van der Waals surface area contributed by atoms with Crippen molar-refractivity contribution < 1.29 is 14.6 Å². The van der Waals surface area contributed by atoms with Gasteiger partial charge in [0.1, 0.15) is 11.4 Å². The Hall–Kier alpha value is -3.52. The van der Waals surface area contributed by atoms with Gasteiger partial charge in [-0.05, 0) is 36.8 Å². The molecule has 0 fully saturated rings. The molecule has 0 bridgehead atoms. The number of H-pyrrole nitrogens is 1. The van der Waals surface area contributed by atoms with Crippen LogP contribution in [-0.2, 0) is 19.6 Å². The van der Waals surface area contributed by atoms with E-state index in [9.17, 15) is 10.0 Å². The molecule has 0 aliphatic carbocycles. The quantitative estimate of drug-likeness (QED) is 0.416. The van der Waals surface area contributed by atoms with Crippen molar-refractivity contribution in [1.82, 2.24) is 19.7 Å². The second kappa shape index (κ2) is 8.87. The van der Waals surface area contributed by atoms with E-state index in [1.54, 1.807) is 19.5 Å². The highest BCUT2D eigenvalue weighted by Gasteiger charge is 2.19. The number of aliphatic hydroxyl groups is 1. The van der Waals surface area contributed by atoms with Gasteiger partial charge in [0.15, 0.2) is 0 Å². The molecule has 0 saturated heterocycles. The highest BCUT2D eigenvalue weighted by atomic mass is 16.5. The number of aromatic amines is 1. The zero-order chi connectivity index (χ0) is 20.9. The number of pyridine rings is 1. The first-order chi connectivity index (χ1) is 14.7. The Labute approximate surface area is 173 Å². The van der Waals surface area contributed by atoms with Crippen LogP contribution in [0.5, 0.6) is 5.75 Å². The summed E-state index contributed by atoms with van der Waals surface area (Å²) in [6.07, 6.45) is 4.11. The number of nitrogens with zero attached hydrogens (tertiary/aromatic N) is 4. The molecule has 0 atom stereocenters. The van der Waals surface area contributed by atoms with Crippen molar-refractivity contribution in [2.75, 3.05) is 13.7 Å². The smallest absolute Gasteiger partial charge is 0.232 e. The molecule has 4 rings (SSSR count). The van der Waals surface area contributed by atoms with E-state index in [-0.39, 0.29) is 19.7 Å². The van der Waals surface area contributed by atoms with Crippen LogP contribution in [0.3, 0.4) is 0 Å². The minimum atomic E-state index is 0.0748. The molecule has 0 radical (unpaired) electrons. The first-order valence-electron chi connectivity index (χ1n) is 9.82. The number of ether oxygens (including phenoxy) is 1. The number of methoxy groups -OCH3 is 1. The van der Waals surface area contributed by atoms with Gasteiger partial charge in [0.05, 0.1) is 24.7 Å². The molecule has 3 aromatic heterocycles. The maximum absolute atomic E-state index is 12.7. The molecule has 0 amide bonds. The number of hydrogen-bond acceptors (Lipinski definition) is 5. The van der Waals surface area contributed by atoms with Gasteiger partial charge in [0.2, 0.25) is 13.1 Å². The lowest BCUT2D eigenvalue weighted by Crippen LogP contribution is -2.13. The summed E-state index contributed by atoms with van der Waals surface area (Å²) in [5.74, 6) is 0.730. The van der Waals surface area contributed by atoms with Crippen molar-refractivity contribution in [2.24, 2.45) is 0 Å². The highest BCUT2D eigenvalue weighted by molar-refractivity contribution is 5.80. The molecule has 0 saturated carbocycles. The molecule has 0 aliphatic rings. The van der Waals surface area contributed by atoms with Crippen molar-refractivity contribution in [3.05, 3.63) is 71.0 Å². The molecule has 3 heterocycles. The lowest BCUT2D eigenvalue weighted by Gasteiger charge is -2.08. The van der Waals surface area contributed by atoms with Gasteiger partial charge in [-0.1, -0.05) is 12.1 Å². The summed E-state index contributed by atoms with van der Waals surface area (Å²) in [6, 6.07) is 13.4. The van der Waals surface area contributed by atoms with Gasteiger partial charge >= 0.3 is 0 Å². The number of aryl methyl sites for hydroxylation is 1. The van der Waals surface area contributed by atoms with Crippen LogP contribution in [0.1, 0.15) is 17.7 Å². The summed E-state index contributed by atoms with van der Waals surface area (Å²) >= 11 is 0. The van der Waals surface area contributed by atoms with Crippen LogP contribution in [0.15, 0.2) is 54.9 Å². The van der Waals surface area contributed by atoms with E-state index < -0.39 is 0 Å². The van der Waals surface area contributed by atoms with Gasteiger partial charge in [0.25, 0.3) is 0 Å². The van der Waals surface area contributed by atoms with Gasteiger partial charge in [-0.15, -0.1) is 0 Å². The van der Waals surface area contributed by atoms with Crippen LogP contribution in [0.2, 0.25) is 0 Å². The predicted molar refractivity (Wildman–Crippen MR) is 113 cm³/mol. The van der Waals surface area contributed by atoms with E-state index in [1.165, 1.54) is 0 Å². The summed E-state index contributed by atoms with van der Waals surface area (Å²) < 4.78 is 8.28. The Morgan fingerprint density at radius 2 is 2.10 bits per heavy atom. The first-order valence-corrected chi connectivity index (χ1v) is 9.82. The van der Waals surface area contributed by atoms with Crippen molar-refractivity contribution in [3.63, 3.8) is 0 Å². The Morgan fingerprint density at radius 1 is 1.20 bits per heavy atom. The van der Waals surface area contributed by atoms with E-state index in [0.29, 0.717) is 13.0 Å². The first kappa shape index (κ1) is 19.8. The maximum Gasteiger partial charge on any atom is 0.232 e. The fourth-order valence-corrected chi connectivity index (χ4v) is 3.55. The molecule has 0 spiro atoms. The van der Waals surface area contributed by atoms with Gasteiger partial charge in [-0.25, -0.2) is 4.98 Å². The van der Waals surface area contributed by atoms with E-state index in [1.807, 2.05) is 47.0 Å². The Bertz CT molecular complexity index is 1150. The summed E-state index contributed by atoms with van der Waals surface area (Å²) in [4.78, 5) is 17.5. The molecular weight excluding hydrogens is 382 g/mol. The average Bonchev–Trinajstić information content (AvgIpc) is 3.40. The number of benzene rings is 1. The van der Waals surface area contributed by atoms with Crippen LogP contribution in [0.4, 0.5) is 0 Å².